The number of carbonyl (C=O) groups excluding carboxylic acids is 7. The second-order valence-electron chi connectivity index (χ2n) is 7.55. The Balaban J connectivity index is 2.79. The van der Waals surface area contributed by atoms with Gasteiger partial charge >= 0.3 is 30.3 Å². The maximum atomic E-state index is 12.4. The highest BCUT2D eigenvalue weighted by Gasteiger charge is 2.49. The van der Waals surface area contributed by atoms with Gasteiger partial charge in [-0.05, 0) is 12.8 Å². The Labute approximate surface area is 219 Å². The Morgan fingerprint density at radius 2 is 1.45 bits per heavy atom. The molecule has 0 radical (unpaired) electrons. The topological polar surface area (TPSA) is 226 Å². The summed E-state index contributed by atoms with van der Waals surface area (Å²) in [5.41, 5.74) is 0. The first-order valence-electron chi connectivity index (χ1n) is 10.5. The molecule has 226 valence electrons. The number of hydrogen-bond donors (Lipinski definition) is 4. The van der Waals surface area contributed by atoms with Crippen molar-refractivity contribution < 1.29 is 77.7 Å². The summed E-state index contributed by atoms with van der Waals surface area (Å²) in [5, 5.41) is 1.76. The van der Waals surface area contributed by atoms with E-state index in [4.69, 9.17) is 4.55 Å². The molecule has 4 N–H and O–H groups in total. The fraction of sp³-hybridized carbons (Fsp3) is 0.588. The molecule has 1 atom stereocenters. The average molecular weight is 619 g/mol. The second-order valence-corrected chi connectivity index (χ2v) is 9.15. The predicted octanol–water partition coefficient (Wildman–Crippen LogP) is -1.86. The van der Waals surface area contributed by atoms with Crippen molar-refractivity contribution in [2.45, 2.75) is 36.9 Å². The van der Waals surface area contributed by atoms with Crippen LogP contribution in [0.5, 0.6) is 0 Å². The van der Waals surface area contributed by atoms with E-state index in [0.29, 0.717) is 0 Å². The maximum absolute atomic E-state index is 12.4. The zero-order valence-corrected chi connectivity index (χ0v) is 20.4. The highest BCUT2D eigenvalue weighted by atomic mass is 32.2. The van der Waals surface area contributed by atoms with E-state index in [2.05, 4.69) is 10.2 Å². The quantitative estimate of drug-likeness (QED) is 0.0659. The first kappa shape index (κ1) is 34.0. The second kappa shape index (κ2) is 13.4. The molecule has 1 saturated heterocycles. The van der Waals surface area contributed by atoms with Crippen molar-refractivity contribution in [2.75, 3.05) is 26.2 Å². The smallest absolute Gasteiger partial charge is 0.355 e. The Morgan fingerprint density at radius 1 is 0.925 bits per heavy atom. The molecule has 0 aromatic carbocycles. The number of imide groups is 2. The molecule has 0 saturated carbocycles. The molecule has 1 fully saturated rings. The van der Waals surface area contributed by atoms with E-state index < -0.39 is 100 Å². The van der Waals surface area contributed by atoms with E-state index in [1.165, 1.54) is 5.32 Å². The lowest BCUT2D eigenvalue weighted by atomic mass is 10.3. The van der Waals surface area contributed by atoms with Crippen LogP contribution in [0.1, 0.15) is 19.3 Å². The van der Waals surface area contributed by atoms with Crippen LogP contribution in [0, 0.1) is 0 Å². The van der Waals surface area contributed by atoms with Gasteiger partial charge in [-0.3, -0.25) is 33.3 Å². The molecule has 1 unspecified atom stereocenters. The third kappa shape index (κ3) is 10.3. The van der Waals surface area contributed by atoms with Gasteiger partial charge in [-0.25, -0.2) is 9.69 Å². The normalized spacial score (nSPS) is 15.9. The lowest BCUT2D eigenvalue weighted by Crippen LogP contribution is -2.49. The number of rotatable bonds is 11. The van der Waals surface area contributed by atoms with Crippen molar-refractivity contribution in [1.29, 1.82) is 0 Å². The van der Waals surface area contributed by atoms with E-state index in [1.54, 1.807) is 0 Å². The highest BCUT2D eigenvalue weighted by molar-refractivity contribution is 7.87. The van der Waals surface area contributed by atoms with Crippen molar-refractivity contribution in [3.8, 4) is 0 Å². The summed E-state index contributed by atoms with van der Waals surface area (Å²) in [6, 6.07) is 0. The van der Waals surface area contributed by atoms with E-state index in [9.17, 15) is 68.3 Å². The molecular formula is C17H19F6N5O11S. The van der Waals surface area contributed by atoms with E-state index >= 15 is 0 Å². The number of nitrogens with zero attached hydrogens (tertiary/aromatic N) is 2. The molecular weight excluding hydrogens is 600 g/mol. The van der Waals surface area contributed by atoms with Crippen LogP contribution < -0.4 is 16.0 Å². The molecule has 1 aliphatic rings. The fourth-order valence-electron chi connectivity index (χ4n) is 2.65. The van der Waals surface area contributed by atoms with E-state index in [1.807, 2.05) is 0 Å². The van der Waals surface area contributed by atoms with E-state index in [0.717, 1.165) is 5.32 Å². The molecule has 7 amide bonds. The third-order valence-electron chi connectivity index (χ3n) is 4.57. The summed E-state index contributed by atoms with van der Waals surface area (Å²) in [4.78, 5) is 86.0. The van der Waals surface area contributed by atoms with Gasteiger partial charge in [0, 0.05) is 13.1 Å². The number of amides is 7. The van der Waals surface area contributed by atoms with E-state index in [-0.39, 0.29) is 24.3 Å². The first-order valence-corrected chi connectivity index (χ1v) is 12.0. The van der Waals surface area contributed by atoms with Crippen molar-refractivity contribution in [3.63, 3.8) is 0 Å². The van der Waals surface area contributed by atoms with Crippen LogP contribution in [0.4, 0.5) is 31.1 Å². The molecule has 0 bridgehead atoms. The SMILES string of the molecule is O=C1CC(S(=O)(=O)O)C(=O)N1OC(=O)N(CCCCN[13C](=O)[13CH2]NC(=O)C(F)(F)F)[13C](=O)[13CH2]NC(=O)C(F)(F)F. The van der Waals surface area contributed by atoms with Crippen LogP contribution in [-0.4, -0.2) is 108 Å². The Kier molecular flexibility index (Phi) is 11.4. The van der Waals surface area contributed by atoms with Crippen LogP contribution in [-0.2, 0) is 43.7 Å². The summed E-state index contributed by atoms with van der Waals surface area (Å²) in [6.07, 6.45) is -14.1. The molecule has 16 nitrogen and oxygen atoms in total. The summed E-state index contributed by atoms with van der Waals surface area (Å²) in [6.45, 7) is -3.57. The summed E-state index contributed by atoms with van der Waals surface area (Å²) in [5.74, 6) is -10.8. The highest BCUT2D eigenvalue weighted by Crippen LogP contribution is 2.20. The van der Waals surface area contributed by atoms with Crippen LogP contribution in [0.3, 0.4) is 0 Å². The molecule has 0 spiro atoms. The minimum Gasteiger partial charge on any atom is -0.355 e. The Morgan fingerprint density at radius 3 is 1.93 bits per heavy atom. The number of hydroxylamine groups is 2. The standard InChI is InChI=1S/C17H19F6N5O11S/c18-16(19,20)13(33)25-6-9(29)24-3-1-2-4-27(11(31)7-26-14(34)17(21,22)23)15(35)39-28-10(30)5-8(12(28)32)40(36,37)38/h8H,1-7H2,(H,24,29)(H,25,33)(H,26,34)(H,36,37,38)/i6+1,7+1,9+1,11+1. The van der Waals surface area contributed by atoms with Gasteiger partial charge in [0.1, 0.15) is 0 Å². The largest absolute Gasteiger partial charge is 0.471 e. The number of hydrogen-bond acceptors (Lipinski definition) is 10. The molecule has 1 aliphatic heterocycles. The number of unbranched alkanes of at least 4 members (excludes halogenated alkanes) is 1. The summed E-state index contributed by atoms with van der Waals surface area (Å²) >= 11 is 0. The molecule has 23 heteroatoms. The molecule has 1 heterocycles. The van der Waals surface area contributed by atoms with Crippen LogP contribution in [0.2, 0.25) is 0 Å². The van der Waals surface area contributed by atoms with Crippen molar-refractivity contribution in [3.05, 3.63) is 0 Å². The Bertz CT molecular complexity index is 1160. The van der Waals surface area contributed by atoms with Gasteiger partial charge in [0.2, 0.25) is 5.91 Å². The van der Waals surface area contributed by atoms with Gasteiger partial charge < -0.3 is 20.8 Å². The van der Waals surface area contributed by atoms with Gasteiger partial charge in [0.25, 0.3) is 27.8 Å². The van der Waals surface area contributed by atoms with Gasteiger partial charge in [0.05, 0.1) is 19.5 Å². The average Bonchev–Trinajstić information content (AvgIpc) is 3.10. The first-order chi connectivity index (χ1) is 18.2. The van der Waals surface area contributed by atoms with Crippen molar-refractivity contribution in [2.24, 2.45) is 0 Å². The lowest BCUT2D eigenvalue weighted by molar-refractivity contribution is -0.175. The zero-order chi connectivity index (χ0) is 31.1. The third-order valence-corrected chi connectivity index (χ3v) is 5.66. The van der Waals surface area contributed by atoms with Gasteiger partial charge in [0.15, 0.2) is 5.25 Å². The molecule has 0 aromatic heterocycles. The molecule has 40 heavy (non-hydrogen) atoms. The Hall–Kier alpha value is -4.02. The van der Waals surface area contributed by atoms with Crippen molar-refractivity contribution >= 4 is 51.7 Å². The van der Waals surface area contributed by atoms with Crippen LogP contribution in [0.15, 0.2) is 0 Å². The molecule has 0 aliphatic carbocycles. The summed E-state index contributed by atoms with van der Waals surface area (Å²) < 4.78 is 105. The minimum absolute atomic E-state index is 0.0172. The maximum Gasteiger partial charge on any atom is 0.471 e. The number of alkyl halides is 6. The fourth-order valence-corrected chi connectivity index (χ4v) is 3.36. The number of carbonyl (C=O) groups is 7. The van der Waals surface area contributed by atoms with Gasteiger partial charge in [-0.1, -0.05) is 5.06 Å². The zero-order valence-electron chi connectivity index (χ0n) is 19.6. The van der Waals surface area contributed by atoms with Gasteiger partial charge in [-0.2, -0.15) is 34.8 Å². The van der Waals surface area contributed by atoms with Crippen molar-refractivity contribution in [1.82, 2.24) is 25.9 Å². The summed E-state index contributed by atoms with van der Waals surface area (Å²) in [7, 11) is -5.12. The predicted molar refractivity (Wildman–Crippen MR) is 110 cm³/mol. The lowest BCUT2D eigenvalue weighted by Gasteiger charge is -2.22. The minimum atomic E-state index is -5.41. The van der Waals surface area contributed by atoms with Gasteiger partial charge in [-0.15, -0.1) is 0 Å². The number of nitrogens with one attached hydrogen (secondary N) is 3. The monoisotopic (exact) mass is 619 g/mol. The van der Waals surface area contributed by atoms with Crippen LogP contribution >= 0.6 is 0 Å². The molecule has 0 aromatic rings. The number of halogens is 6. The molecule has 1 rings (SSSR count). The van der Waals surface area contributed by atoms with Crippen LogP contribution in [0.25, 0.3) is 0 Å².